The van der Waals surface area contributed by atoms with Crippen molar-refractivity contribution >= 4 is 16.9 Å². The first-order valence-electron chi connectivity index (χ1n) is 9.03. The lowest BCUT2D eigenvalue weighted by molar-refractivity contribution is -0.147. The van der Waals surface area contributed by atoms with Crippen LogP contribution in [0.5, 0.6) is 0 Å². The Labute approximate surface area is 157 Å². The van der Waals surface area contributed by atoms with Gasteiger partial charge in [-0.2, -0.15) is 13.2 Å². The van der Waals surface area contributed by atoms with Gasteiger partial charge in [0, 0.05) is 31.2 Å². The third-order valence-corrected chi connectivity index (χ3v) is 4.71. The fourth-order valence-electron chi connectivity index (χ4n) is 2.95. The molecule has 0 saturated carbocycles. The Kier molecular flexibility index (Phi) is 6.19. The van der Waals surface area contributed by atoms with E-state index in [2.05, 4.69) is 4.98 Å². The van der Waals surface area contributed by atoms with Crippen molar-refractivity contribution in [3.8, 4) is 0 Å². The molecule has 1 atom stereocenters. The normalized spacial score (nSPS) is 13.6. The van der Waals surface area contributed by atoms with Crippen LogP contribution in [0.2, 0.25) is 0 Å². The molecule has 0 bridgehead atoms. The number of alkyl halides is 3. The maximum Gasteiger partial charge on any atom is 0.449 e. The number of rotatable bonds is 6. The highest BCUT2D eigenvalue weighted by Crippen LogP contribution is 2.34. The lowest BCUT2D eigenvalue weighted by Gasteiger charge is -2.21. The molecular formula is C19H27F3N4O. The molecule has 0 fully saturated rings. The molecule has 1 aromatic carbocycles. The van der Waals surface area contributed by atoms with Crippen molar-refractivity contribution in [2.45, 2.75) is 52.4 Å². The molecule has 2 N–H and O–H groups in total. The standard InChI is InChI=1S/C19H27F3N4O/c1-11(2)14(23)8-9-25(5)17(27)13-6-7-16-15(10-13)24-18(19(20,21)22)26(16)12(3)4/h6-7,10-12,14H,8-9,23H2,1-5H3. The van der Waals surface area contributed by atoms with Gasteiger partial charge in [-0.25, -0.2) is 4.98 Å². The van der Waals surface area contributed by atoms with E-state index in [4.69, 9.17) is 5.73 Å². The molecule has 0 aliphatic rings. The van der Waals surface area contributed by atoms with E-state index in [-0.39, 0.29) is 17.5 Å². The van der Waals surface area contributed by atoms with Crippen LogP contribution in [0.15, 0.2) is 18.2 Å². The third kappa shape index (κ3) is 4.61. The van der Waals surface area contributed by atoms with Crippen LogP contribution in [0.1, 0.15) is 56.3 Å². The number of fused-ring (bicyclic) bond motifs is 1. The molecule has 0 spiro atoms. The number of hydrogen-bond acceptors (Lipinski definition) is 3. The Morgan fingerprint density at radius 3 is 2.41 bits per heavy atom. The lowest BCUT2D eigenvalue weighted by atomic mass is 10.0. The fraction of sp³-hybridized carbons (Fsp3) is 0.579. The van der Waals surface area contributed by atoms with Gasteiger partial charge >= 0.3 is 6.18 Å². The summed E-state index contributed by atoms with van der Waals surface area (Å²) in [6.45, 7) is 7.85. The van der Waals surface area contributed by atoms with Gasteiger partial charge < -0.3 is 15.2 Å². The molecule has 1 heterocycles. The molecular weight excluding hydrogens is 357 g/mol. The van der Waals surface area contributed by atoms with Crippen LogP contribution in [0.4, 0.5) is 13.2 Å². The van der Waals surface area contributed by atoms with Gasteiger partial charge in [-0.05, 0) is 44.4 Å². The molecule has 1 aromatic heterocycles. The van der Waals surface area contributed by atoms with Crippen molar-refractivity contribution in [2.24, 2.45) is 11.7 Å². The van der Waals surface area contributed by atoms with Crippen LogP contribution in [0.25, 0.3) is 11.0 Å². The summed E-state index contributed by atoms with van der Waals surface area (Å²) in [6, 6.07) is 4.07. The van der Waals surface area contributed by atoms with E-state index in [1.807, 2.05) is 13.8 Å². The quantitative estimate of drug-likeness (QED) is 0.816. The zero-order chi connectivity index (χ0) is 20.5. The maximum absolute atomic E-state index is 13.3. The third-order valence-electron chi connectivity index (χ3n) is 4.71. The van der Waals surface area contributed by atoms with Gasteiger partial charge in [-0.15, -0.1) is 0 Å². The summed E-state index contributed by atoms with van der Waals surface area (Å²) in [5.74, 6) is -0.903. The first kappa shape index (κ1) is 21.2. The molecule has 2 aromatic rings. The molecule has 2 rings (SSSR count). The average molecular weight is 384 g/mol. The van der Waals surface area contributed by atoms with Gasteiger partial charge in [0.25, 0.3) is 5.91 Å². The number of nitrogens with zero attached hydrogens (tertiary/aromatic N) is 3. The van der Waals surface area contributed by atoms with Crippen LogP contribution in [-0.2, 0) is 6.18 Å². The predicted molar refractivity (Wildman–Crippen MR) is 99.5 cm³/mol. The van der Waals surface area contributed by atoms with Gasteiger partial charge in [-0.1, -0.05) is 13.8 Å². The van der Waals surface area contributed by atoms with Gasteiger partial charge in [0.05, 0.1) is 11.0 Å². The van der Waals surface area contributed by atoms with Crippen molar-refractivity contribution in [3.05, 3.63) is 29.6 Å². The Balaban J connectivity index is 2.32. The van der Waals surface area contributed by atoms with Crippen molar-refractivity contribution in [3.63, 3.8) is 0 Å². The minimum atomic E-state index is -4.56. The molecule has 150 valence electrons. The number of carbonyl (C=O) groups is 1. The highest BCUT2D eigenvalue weighted by molar-refractivity contribution is 5.97. The second-order valence-electron chi connectivity index (χ2n) is 7.52. The van der Waals surface area contributed by atoms with Gasteiger partial charge in [0.15, 0.2) is 0 Å². The van der Waals surface area contributed by atoms with E-state index in [1.54, 1.807) is 27.0 Å². The van der Waals surface area contributed by atoms with Crippen LogP contribution < -0.4 is 5.73 Å². The van der Waals surface area contributed by atoms with Gasteiger partial charge in [-0.3, -0.25) is 4.79 Å². The first-order valence-corrected chi connectivity index (χ1v) is 9.03. The molecule has 1 amide bonds. The fourth-order valence-corrected chi connectivity index (χ4v) is 2.95. The Hall–Kier alpha value is -2.09. The van der Waals surface area contributed by atoms with Crippen molar-refractivity contribution in [1.82, 2.24) is 14.5 Å². The Morgan fingerprint density at radius 2 is 1.89 bits per heavy atom. The summed E-state index contributed by atoms with van der Waals surface area (Å²) in [5.41, 5.74) is 6.84. The number of hydrogen-bond donors (Lipinski definition) is 1. The number of amides is 1. The van der Waals surface area contributed by atoms with E-state index in [0.717, 1.165) is 4.57 Å². The second-order valence-corrected chi connectivity index (χ2v) is 7.52. The summed E-state index contributed by atoms with van der Waals surface area (Å²) in [4.78, 5) is 17.9. The molecule has 27 heavy (non-hydrogen) atoms. The highest BCUT2D eigenvalue weighted by atomic mass is 19.4. The van der Waals surface area contributed by atoms with Crippen molar-refractivity contribution in [2.75, 3.05) is 13.6 Å². The maximum atomic E-state index is 13.3. The zero-order valence-electron chi connectivity index (χ0n) is 16.3. The largest absolute Gasteiger partial charge is 0.449 e. The molecule has 1 unspecified atom stereocenters. The Bertz CT molecular complexity index is 811. The van der Waals surface area contributed by atoms with E-state index in [1.165, 1.54) is 17.0 Å². The topological polar surface area (TPSA) is 64.2 Å². The average Bonchev–Trinajstić information content (AvgIpc) is 2.97. The number of imidazole rings is 1. The number of carbonyl (C=O) groups excluding carboxylic acids is 1. The summed E-state index contributed by atoms with van der Waals surface area (Å²) in [7, 11) is 1.66. The predicted octanol–water partition coefficient (Wildman–Crippen LogP) is 4.08. The first-order chi connectivity index (χ1) is 12.4. The van der Waals surface area contributed by atoms with E-state index >= 15 is 0 Å². The van der Waals surface area contributed by atoms with Crippen molar-refractivity contribution in [1.29, 1.82) is 0 Å². The molecule has 0 aliphatic heterocycles. The van der Waals surface area contributed by atoms with Crippen LogP contribution in [-0.4, -0.2) is 40.0 Å². The lowest BCUT2D eigenvalue weighted by Crippen LogP contribution is -2.34. The van der Waals surface area contributed by atoms with Crippen molar-refractivity contribution < 1.29 is 18.0 Å². The van der Waals surface area contributed by atoms with Crippen LogP contribution in [0, 0.1) is 5.92 Å². The Morgan fingerprint density at radius 1 is 1.26 bits per heavy atom. The second kappa shape index (κ2) is 7.88. The van der Waals surface area contributed by atoms with E-state index in [0.29, 0.717) is 30.0 Å². The molecule has 8 heteroatoms. The summed E-state index contributed by atoms with van der Waals surface area (Å²) in [5, 5.41) is 0. The van der Waals surface area contributed by atoms with E-state index in [9.17, 15) is 18.0 Å². The number of aromatic nitrogens is 2. The van der Waals surface area contributed by atoms with E-state index < -0.39 is 18.0 Å². The highest BCUT2D eigenvalue weighted by Gasteiger charge is 2.38. The number of nitrogens with two attached hydrogens (primary N) is 1. The molecule has 0 aliphatic carbocycles. The minimum absolute atomic E-state index is 0.0150. The zero-order valence-corrected chi connectivity index (χ0v) is 16.3. The van der Waals surface area contributed by atoms with Gasteiger partial charge in [0.1, 0.15) is 0 Å². The molecule has 0 saturated heterocycles. The summed E-state index contributed by atoms with van der Waals surface area (Å²) in [6.07, 6.45) is -3.90. The number of benzene rings is 1. The van der Waals surface area contributed by atoms with Crippen LogP contribution >= 0.6 is 0 Å². The molecule has 5 nitrogen and oxygen atoms in total. The smallest absolute Gasteiger partial charge is 0.342 e. The SMILES string of the molecule is CC(C)C(N)CCN(C)C(=O)c1ccc2c(c1)nc(C(F)(F)F)n2C(C)C. The summed E-state index contributed by atoms with van der Waals surface area (Å²) < 4.78 is 41.1. The minimum Gasteiger partial charge on any atom is -0.342 e. The monoisotopic (exact) mass is 384 g/mol. The number of halogens is 3. The molecule has 0 radical (unpaired) electrons. The van der Waals surface area contributed by atoms with Crippen LogP contribution in [0.3, 0.4) is 0 Å². The summed E-state index contributed by atoms with van der Waals surface area (Å²) >= 11 is 0. The van der Waals surface area contributed by atoms with Gasteiger partial charge in [0.2, 0.25) is 5.82 Å².